The van der Waals surface area contributed by atoms with Crippen LogP contribution in [0.4, 0.5) is 16.2 Å². The Hall–Kier alpha value is -1.43. The first-order valence-electron chi connectivity index (χ1n) is 6.47. The van der Waals surface area contributed by atoms with Crippen molar-refractivity contribution >= 4 is 11.8 Å². The van der Waals surface area contributed by atoms with Gasteiger partial charge in [0.2, 0.25) is 5.95 Å². The Morgan fingerprint density at radius 3 is 3.11 bits per heavy atom. The van der Waals surface area contributed by atoms with Crippen LogP contribution in [0.3, 0.4) is 0 Å². The maximum atomic E-state index is 13.8. The third-order valence-electron chi connectivity index (χ3n) is 3.84. The van der Waals surface area contributed by atoms with Crippen molar-refractivity contribution in [3.63, 3.8) is 0 Å². The first-order chi connectivity index (χ1) is 8.78. The number of hydrogen-bond donors (Lipinski definition) is 1. The van der Waals surface area contributed by atoms with Crippen LogP contribution in [-0.2, 0) is 0 Å². The fourth-order valence-corrected chi connectivity index (χ4v) is 2.88. The molecule has 3 rings (SSSR count). The summed E-state index contributed by atoms with van der Waals surface area (Å²) in [6, 6.07) is 0.561. The van der Waals surface area contributed by atoms with E-state index in [1.165, 1.54) is 25.6 Å². The lowest BCUT2D eigenvalue weighted by Crippen LogP contribution is -2.50. The number of piperazine rings is 1. The van der Waals surface area contributed by atoms with E-state index in [1.807, 2.05) is 4.90 Å². The highest BCUT2D eigenvalue weighted by atomic mass is 19.1. The molecule has 2 saturated heterocycles. The van der Waals surface area contributed by atoms with Crippen LogP contribution >= 0.6 is 0 Å². The number of rotatable bonds is 2. The second-order valence-electron chi connectivity index (χ2n) is 4.89. The fourth-order valence-electron chi connectivity index (χ4n) is 2.88. The summed E-state index contributed by atoms with van der Waals surface area (Å²) in [5.41, 5.74) is 0. The second kappa shape index (κ2) is 4.68. The Morgan fingerprint density at radius 1 is 1.39 bits per heavy atom. The van der Waals surface area contributed by atoms with Crippen LogP contribution in [0.25, 0.3) is 0 Å². The number of anilines is 2. The largest absolute Gasteiger partial charge is 0.357 e. The molecular weight excluding hydrogens is 233 g/mol. The summed E-state index contributed by atoms with van der Waals surface area (Å²) < 4.78 is 13.8. The Labute approximate surface area is 106 Å². The summed E-state index contributed by atoms with van der Waals surface area (Å²) in [4.78, 5) is 12.7. The molecule has 0 radical (unpaired) electrons. The van der Waals surface area contributed by atoms with Crippen LogP contribution < -0.4 is 10.2 Å². The van der Waals surface area contributed by atoms with Crippen LogP contribution in [0.2, 0.25) is 0 Å². The summed E-state index contributed by atoms with van der Waals surface area (Å²) in [6.07, 6.45) is 3.71. The third-order valence-corrected chi connectivity index (χ3v) is 3.84. The number of aromatic nitrogens is 2. The molecule has 98 valence electrons. The molecule has 1 unspecified atom stereocenters. The van der Waals surface area contributed by atoms with E-state index in [-0.39, 0.29) is 5.82 Å². The van der Waals surface area contributed by atoms with Gasteiger partial charge in [-0.1, -0.05) is 0 Å². The van der Waals surface area contributed by atoms with E-state index >= 15 is 0 Å². The first kappa shape index (κ1) is 11.6. The lowest BCUT2D eigenvalue weighted by molar-refractivity contribution is 0.229. The predicted molar refractivity (Wildman–Crippen MR) is 68.3 cm³/mol. The van der Waals surface area contributed by atoms with Gasteiger partial charge in [0.1, 0.15) is 0 Å². The number of nitrogens with zero attached hydrogens (tertiary/aromatic N) is 4. The number of hydrogen-bond acceptors (Lipinski definition) is 5. The Balaban J connectivity index is 1.82. The zero-order valence-electron chi connectivity index (χ0n) is 10.6. The summed E-state index contributed by atoms with van der Waals surface area (Å²) in [5, 5.41) is 2.85. The van der Waals surface area contributed by atoms with E-state index in [0.29, 0.717) is 17.8 Å². The lowest BCUT2D eigenvalue weighted by Gasteiger charge is -2.38. The Kier molecular flexibility index (Phi) is 3.03. The zero-order chi connectivity index (χ0) is 12.5. The Morgan fingerprint density at radius 2 is 2.28 bits per heavy atom. The zero-order valence-corrected chi connectivity index (χ0v) is 10.6. The Bertz CT molecular complexity index is 438. The van der Waals surface area contributed by atoms with Crippen molar-refractivity contribution in [2.24, 2.45) is 0 Å². The van der Waals surface area contributed by atoms with Gasteiger partial charge < -0.3 is 10.2 Å². The van der Waals surface area contributed by atoms with Crippen molar-refractivity contribution in [1.82, 2.24) is 14.9 Å². The second-order valence-corrected chi connectivity index (χ2v) is 4.89. The highest BCUT2D eigenvalue weighted by Gasteiger charge is 2.32. The minimum atomic E-state index is -0.333. The molecule has 6 heteroatoms. The van der Waals surface area contributed by atoms with Crippen LogP contribution in [0, 0.1) is 5.82 Å². The average molecular weight is 251 g/mol. The number of fused-ring (bicyclic) bond motifs is 1. The van der Waals surface area contributed by atoms with Crippen molar-refractivity contribution in [2.45, 2.75) is 18.9 Å². The maximum Gasteiger partial charge on any atom is 0.224 e. The van der Waals surface area contributed by atoms with Gasteiger partial charge in [0, 0.05) is 32.7 Å². The average Bonchev–Trinajstić information content (AvgIpc) is 2.86. The summed E-state index contributed by atoms with van der Waals surface area (Å²) in [7, 11) is 1.74. The van der Waals surface area contributed by atoms with Crippen molar-refractivity contribution < 1.29 is 4.39 Å². The molecule has 1 aromatic heterocycles. The highest BCUT2D eigenvalue weighted by molar-refractivity contribution is 5.44. The molecule has 1 N–H and O–H groups in total. The van der Waals surface area contributed by atoms with Crippen molar-refractivity contribution in [1.29, 1.82) is 0 Å². The SMILES string of the molecule is CNc1ncc(F)c(N2CCN3CCCC3C2)n1. The van der Waals surface area contributed by atoms with Gasteiger partial charge in [0.15, 0.2) is 11.6 Å². The van der Waals surface area contributed by atoms with Crippen LogP contribution in [0.15, 0.2) is 6.20 Å². The van der Waals surface area contributed by atoms with Gasteiger partial charge in [-0.15, -0.1) is 0 Å². The van der Waals surface area contributed by atoms with Gasteiger partial charge in [-0.2, -0.15) is 4.98 Å². The minimum Gasteiger partial charge on any atom is -0.357 e. The molecule has 0 aromatic carbocycles. The molecule has 2 aliphatic heterocycles. The van der Waals surface area contributed by atoms with Gasteiger partial charge in [0.25, 0.3) is 0 Å². The third kappa shape index (κ3) is 2.01. The molecule has 1 aromatic rings. The normalized spacial score (nSPS) is 24.1. The summed E-state index contributed by atoms with van der Waals surface area (Å²) in [5.74, 6) is 0.571. The van der Waals surface area contributed by atoms with Gasteiger partial charge in [0.05, 0.1) is 6.20 Å². The molecule has 3 heterocycles. The minimum absolute atomic E-state index is 0.333. The van der Waals surface area contributed by atoms with E-state index in [0.717, 1.165) is 19.6 Å². The van der Waals surface area contributed by atoms with Crippen LogP contribution in [-0.4, -0.2) is 54.1 Å². The van der Waals surface area contributed by atoms with E-state index in [4.69, 9.17) is 0 Å². The van der Waals surface area contributed by atoms with Gasteiger partial charge in [-0.3, -0.25) is 4.90 Å². The molecule has 0 bridgehead atoms. The monoisotopic (exact) mass is 251 g/mol. The van der Waals surface area contributed by atoms with Gasteiger partial charge >= 0.3 is 0 Å². The number of halogens is 1. The van der Waals surface area contributed by atoms with Crippen molar-refractivity contribution in [2.75, 3.05) is 43.4 Å². The molecule has 2 aliphatic rings. The van der Waals surface area contributed by atoms with E-state index in [9.17, 15) is 4.39 Å². The predicted octanol–water partition coefficient (Wildman–Crippen LogP) is 0.942. The molecule has 0 spiro atoms. The molecule has 5 nitrogen and oxygen atoms in total. The topological polar surface area (TPSA) is 44.3 Å². The van der Waals surface area contributed by atoms with Crippen LogP contribution in [0.1, 0.15) is 12.8 Å². The van der Waals surface area contributed by atoms with Crippen molar-refractivity contribution in [3.05, 3.63) is 12.0 Å². The highest BCUT2D eigenvalue weighted by Crippen LogP contribution is 2.26. The smallest absolute Gasteiger partial charge is 0.224 e. The van der Waals surface area contributed by atoms with Crippen LogP contribution in [0.5, 0.6) is 0 Å². The molecule has 18 heavy (non-hydrogen) atoms. The summed E-state index contributed by atoms with van der Waals surface area (Å²) >= 11 is 0. The summed E-state index contributed by atoms with van der Waals surface area (Å²) in [6.45, 7) is 3.90. The van der Waals surface area contributed by atoms with E-state index in [1.54, 1.807) is 7.05 Å². The molecule has 0 aliphatic carbocycles. The fraction of sp³-hybridized carbons (Fsp3) is 0.667. The van der Waals surface area contributed by atoms with Gasteiger partial charge in [-0.25, -0.2) is 9.37 Å². The number of nitrogens with one attached hydrogen (secondary N) is 1. The first-order valence-corrected chi connectivity index (χ1v) is 6.47. The van der Waals surface area contributed by atoms with Gasteiger partial charge in [-0.05, 0) is 19.4 Å². The van der Waals surface area contributed by atoms with Crippen molar-refractivity contribution in [3.8, 4) is 0 Å². The molecular formula is C12H18FN5. The maximum absolute atomic E-state index is 13.8. The standard InChI is InChI=1S/C12H18FN5/c1-14-12-15-7-10(13)11(16-12)18-6-5-17-4-2-3-9(17)8-18/h7,9H,2-6,8H2,1H3,(H,14,15,16). The molecule has 1 atom stereocenters. The van der Waals surface area contributed by atoms with E-state index in [2.05, 4.69) is 20.2 Å². The molecule has 2 fully saturated rings. The quantitative estimate of drug-likeness (QED) is 0.847. The lowest BCUT2D eigenvalue weighted by atomic mass is 10.1. The molecule has 0 saturated carbocycles. The molecule has 0 amide bonds. The van der Waals surface area contributed by atoms with E-state index < -0.39 is 0 Å².